The fourth-order valence-electron chi connectivity index (χ4n) is 2.36. The Bertz CT molecular complexity index is 888. The summed E-state index contributed by atoms with van der Waals surface area (Å²) in [6.45, 7) is 7.04. The lowest BCUT2D eigenvalue weighted by Gasteiger charge is -2.23. The minimum absolute atomic E-state index is 0.103. The molecule has 25 heavy (non-hydrogen) atoms. The van der Waals surface area contributed by atoms with Gasteiger partial charge < -0.3 is 4.74 Å². The molecule has 0 aliphatic heterocycles. The summed E-state index contributed by atoms with van der Waals surface area (Å²) in [7, 11) is -3.84. The van der Waals surface area contributed by atoms with Gasteiger partial charge in [-0.2, -0.15) is 0 Å². The Balaban J connectivity index is 2.41. The second kappa shape index (κ2) is 7.35. The van der Waals surface area contributed by atoms with Crippen LogP contribution in [0, 0.1) is 6.92 Å². The number of benzene rings is 1. The first-order valence-corrected chi connectivity index (χ1v) is 10.4. The van der Waals surface area contributed by atoms with E-state index >= 15 is 0 Å². The largest absolute Gasteiger partial charge is 0.465 e. The molecule has 5 nitrogen and oxygen atoms in total. The molecule has 2 aromatic rings. The first-order chi connectivity index (χ1) is 11.6. The number of thiophene rings is 1. The number of nitrogens with one attached hydrogen (secondary N) is 1. The van der Waals surface area contributed by atoms with Crippen molar-refractivity contribution in [2.24, 2.45) is 0 Å². The van der Waals surface area contributed by atoms with Crippen molar-refractivity contribution < 1.29 is 17.9 Å². The normalized spacial score (nSPS) is 12.0. The maximum absolute atomic E-state index is 12.8. The summed E-state index contributed by atoms with van der Waals surface area (Å²) >= 11 is 7.34. The predicted molar refractivity (Wildman–Crippen MR) is 101 cm³/mol. The molecular formula is C17H20ClNO4S2. The molecule has 0 radical (unpaired) electrons. The molecule has 2 rings (SSSR count). The van der Waals surface area contributed by atoms with Crippen molar-refractivity contribution in [1.82, 2.24) is 0 Å². The third kappa shape index (κ3) is 3.99. The number of sulfonamides is 1. The van der Waals surface area contributed by atoms with Crippen LogP contribution in [0.5, 0.6) is 0 Å². The molecule has 1 aromatic heterocycles. The second-order valence-corrected chi connectivity index (χ2v) is 8.81. The van der Waals surface area contributed by atoms with Crippen molar-refractivity contribution in [3.8, 4) is 0 Å². The topological polar surface area (TPSA) is 72.5 Å². The lowest BCUT2D eigenvalue weighted by molar-refractivity contribution is -0.148. The van der Waals surface area contributed by atoms with Crippen molar-refractivity contribution in [1.29, 1.82) is 0 Å². The third-order valence-electron chi connectivity index (χ3n) is 3.87. The zero-order valence-corrected chi connectivity index (χ0v) is 16.8. The minimum Gasteiger partial charge on any atom is -0.465 e. The van der Waals surface area contributed by atoms with Crippen LogP contribution in [-0.2, 0) is 25.0 Å². The number of ether oxygens (including phenoxy) is 1. The smallest absolute Gasteiger partial charge is 0.316 e. The predicted octanol–water partition coefficient (Wildman–Crippen LogP) is 4.35. The fourth-order valence-corrected chi connectivity index (χ4v) is 4.95. The first-order valence-electron chi connectivity index (χ1n) is 7.63. The van der Waals surface area contributed by atoms with Crippen LogP contribution >= 0.6 is 22.9 Å². The molecule has 0 amide bonds. The number of anilines is 1. The van der Waals surface area contributed by atoms with Crippen molar-refractivity contribution in [2.75, 3.05) is 11.3 Å². The van der Waals surface area contributed by atoms with Crippen molar-refractivity contribution >= 4 is 44.6 Å². The van der Waals surface area contributed by atoms with Crippen LogP contribution in [0.15, 0.2) is 33.9 Å². The Hall–Kier alpha value is -1.57. The highest BCUT2D eigenvalue weighted by Gasteiger charge is 2.35. The first kappa shape index (κ1) is 19.8. The monoisotopic (exact) mass is 401 g/mol. The third-order valence-corrected chi connectivity index (χ3v) is 6.54. The number of esters is 1. The van der Waals surface area contributed by atoms with Gasteiger partial charge in [0.2, 0.25) is 0 Å². The van der Waals surface area contributed by atoms with Crippen LogP contribution < -0.4 is 4.72 Å². The molecule has 0 unspecified atom stereocenters. The van der Waals surface area contributed by atoms with E-state index in [9.17, 15) is 13.2 Å². The molecule has 0 aliphatic rings. The van der Waals surface area contributed by atoms with Crippen molar-refractivity contribution in [3.05, 3.63) is 45.1 Å². The number of carbonyl (C=O) groups is 1. The molecule has 0 saturated carbocycles. The van der Waals surface area contributed by atoms with Gasteiger partial charge in [0, 0.05) is 16.0 Å². The highest BCUT2D eigenvalue weighted by atomic mass is 35.5. The molecule has 1 heterocycles. The van der Waals surface area contributed by atoms with E-state index in [1.165, 1.54) is 17.4 Å². The van der Waals surface area contributed by atoms with E-state index in [4.69, 9.17) is 16.3 Å². The van der Waals surface area contributed by atoms with E-state index < -0.39 is 21.4 Å². The average Bonchev–Trinajstić information content (AvgIpc) is 2.98. The average molecular weight is 402 g/mol. The molecule has 0 saturated heterocycles. The second-order valence-electron chi connectivity index (χ2n) is 6.01. The SMILES string of the molecule is CCOC(=O)C(C)(C)c1cscc1NS(=O)(=O)c1cccc(Cl)c1C. The van der Waals surface area contributed by atoms with Gasteiger partial charge in [0.1, 0.15) is 0 Å². The summed E-state index contributed by atoms with van der Waals surface area (Å²) in [5.41, 5.74) is 0.428. The number of hydrogen-bond donors (Lipinski definition) is 1. The van der Waals surface area contributed by atoms with Gasteiger partial charge in [-0.3, -0.25) is 9.52 Å². The maximum Gasteiger partial charge on any atom is 0.316 e. The van der Waals surface area contributed by atoms with Gasteiger partial charge in [0.25, 0.3) is 10.0 Å². The van der Waals surface area contributed by atoms with E-state index in [0.29, 0.717) is 21.8 Å². The van der Waals surface area contributed by atoms with Gasteiger partial charge in [0.15, 0.2) is 0 Å². The fraction of sp³-hybridized carbons (Fsp3) is 0.353. The van der Waals surface area contributed by atoms with E-state index in [2.05, 4.69) is 4.72 Å². The summed E-state index contributed by atoms with van der Waals surface area (Å²) in [5, 5.41) is 3.79. The molecule has 0 bridgehead atoms. The summed E-state index contributed by atoms with van der Waals surface area (Å²) in [6, 6.07) is 4.71. The highest BCUT2D eigenvalue weighted by Crippen LogP contribution is 2.36. The van der Waals surface area contributed by atoms with E-state index in [1.54, 1.807) is 50.6 Å². The molecule has 1 N–H and O–H groups in total. The molecule has 0 atom stereocenters. The Morgan fingerprint density at radius 2 is 2.00 bits per heavy atom. The van der Waals surface area contributed by atoms with Gasteiger partial charge >= 0.3 is 5.97 Å². The van der Waals surface area contributed by atoms with E-state index in [1.807, 2.05) is 0 Å². The summed E-state index contributed by atoms with van der Waals surface area (Å²) in [5.74, 6) is -0.409. The lowest BCUT2D eigenvalue weighted by atomic mass is 9.86. The van der Waals surface area contributed by atoms with Crippen LogP contribution in [0.2, 0.25) is 5.02 Å². The van der Waals surface area contributed by atoms with E-state index in [0.717, 1.165) is 0 Å². The highest BCUT2D eigenvalue weighted by molar-refractivity contribution is 7.92. The minimum atomic E-state index is -3.84. The summed E-state index contributed by atoms with van der Waals surface area (Å²) in [4.78, 5) is 12.3. The van der Waals surface area contributed by atoms with Gasteiger partial charge in [-0.05, 0) is 50.8 Å². The molecule has 0 aliphatic carbocycles. The van der Waals surface area contributed by atoms with Crippen LogP contribution in [0.1, 0.15) is 31.9 Å². The van der Waals surface area contributed by atoms with Gasteiger partial charge in [0.05, 0.1) is 22.6 Å². The van der Waals surface area contributed by atoms with Crippen molar-refractivity contribution in [3.63, 3.8) is 0 Å². The molecule has 0 spiro atoms. The van der Waals surface area contributed by atoms with Gasteiger partial charge in [-0.25, -0.2) is 8.42 Å². The lowest BCUT2D eigenvalue weighted by Crippen LogP contribution is -2.31. The molecule has 136 valence electrons. The quantitative estimate of drug-likeness (QED) is 0.730. The van der Waals surface area contributed by atoms with Gasteiger partial charge in [-0.1, -0.05) is 17.7 Å². The van der Waals surface area contributed by atoms with Crippen molar-refractivity contribution in [2.45, 2.75) is 38.0 Å². The van der Waals surface area contributed by atoms with Gasteiger partial charge in [-0.15, -0.1) is 11.3 Å². The molecule has 1 aromatic carbocycles. The Morgan fingerprint density at radius 3 is 2.64 bits per heavy atom. The Kier molecular flexibility index (Phi) is 5.81. The summed E-state index contributed by atoms with van der Waals surface area (Å²) < 4.78 is 33.2. The molecular weight excluding hydrogens is 382 g/mol. The van der Waals surface area contributed by atoms with Crippen LogP contribution in [-0.4, -0.2) is 21.0 Å². The van der Waals surface area contributed by atoms with Crippen LogP contribution in [0.3, 0.4) is 0 Å². The number of hydrogen-bond acceptors (Lipinski definition) is 5. The number of carbonyl (C=O) groups excluding carboxylic acids is 1. The Morgan fingerprint density at radius 1 is 1.32 bits per heavy atom. The standard InChI is InChI=1S/C17H20ClNO4S2/c1-5-23-16(20)17(3,4)12-9-24-10-14(12)19-25(21,22)15-8-6-7-13(18)11(15)2/h6-10,19H,5H2,1-4H3. The Labute approximate surface area is 157 Å². The zero-order valence-electron chi connectivity index (χ0n) is 14.4. The molecule has 8 heteroatoms. The van der Waals surface area contributed by atoms with Crippen LogP contribution in [0.25, 0.3) is 0 Å². The van der Waals surface area contributed by atoms with Crippen LogP contribution in [0.4, 0.5) is 5.69 Å². The molecule has 0 fully saturated rings. The summed E-state index contributed by atoms with van der Waals surface area (Å²) in [6.07, 6.45) is 0. The maximum atomic E-state index is 12.8. The number of halogens is 1. The van der Waals surface area contributed by atoms with E-state index in [-0.39, 0.29) is 11.5 Å². The number of rotatable bonds is 6. The zero-order chi connectivity index (χ0) is 18.8.